The molecule has 0 radical (unpaired) electrons. The quantitative estimate of drug-likeness (QED) is 0.931. The molecule has 0 saturated heterocycles. The van der Waals surface area contributed by atoms with Gasteiger partial charge in [0.25, 0.3) is 0 Å². The van der Waals surface area contributed by atoms with Crippen LogP contribution in [0.25, 0.3) is 0 Å². The second-order valence-corrected chi connectivity index (χ2v) is 5.56. The number of aryl methyl sites for hydroxylation is 1. The summed E-state index contributed by atoms with van der Waals surface area (Å²) in [6.07, 6.45) is -4.04. The number of hydrogen-bond acceptors (Lipinski definition) is 5. The van der Waals surface area contributed by atoms with E-state index in [0.717, 1.165) is 22.8 Å². The average Bonchev–Trinajstić information content (AvgIpc) is 2.52. The third kappa shape index (κ3) is 3.69. The summed E-state index contributed by atoms with van der Waals surface area (Å²) in [6.45, 7) is 3.08. The van der Waals surface area contributed by atoms with Crippen LogP contribution >= 0.6 is 0 Å². The lowest BCUT2D eigenvalue weighted by Crippen LogP contribution is -2.31. The van der Waals surface area contributed by atoms with E-state index in [4.69, 9.17) is 0 Å². The Morgan fingerprint density at radius 1 is 1.17 bits per heavy atom. The van der Waals surface area contributed by atoms with Gasteiger partial charge in [0, 0.05) is 26.2 Å². The van der Waals surface area contributed by atoms with Gasteiger partial charge in [-0.3, -0.25) is 0 Å². The predicted octanol–water partition coefficient (Wildman–Crippen LogP) is 3.29. The van der Waals surface area contributed by atoms with Crippen LogP contribution in [0.1, 0.15) is 17.0 Å². The maximum atomic E-state index is 12.3. The van der Waals surface area contributed by atoms with Crippen molar-refractivity contribution in [1.29, 1.82) is 0 Å². The largest absolute Gasteiger partial charge is 0.573 e. The molecular weight excluding hydrogens is 321 g/mol. The number of hydrogen-bond donors (Lipinski definition) is 1. The minimum atomic E-state index is -4.67. The minimum absolute atomic E-state index is 0.176. The molecule has 0 fully saturated rings. The lowest BCUT2D eigenvalue weighted by atomic mass is 9.99. The van der Waals surface area contributed by atoms with Crippen LogP contribution in [-0.2, 0) is 13.0 Å². The lowest BCUT2D eigenvalue weighted by Gasteiger charge is -2.30. The van der Waals surface area contributed by atoms with Crippen molar-refractivity contribution in [3.05, 3.63) is 41.2 Å². The van der Waals surface area contributed by atoms with Crippen LogP contribution in [0.2, 0.25) is 0 Å². The highest BCUT2D eigenvalue weighted by Crippen LogP contribution is 2.29. The zero-order valence-corrected chi connectivity index (χ0v) is 13.3. The Hall–Kier alpha value is -2.51. The van der Waals surface area contributed by atoms with Crippen LogP contribution in [0.3, 0.4) is 0 Å². The molecule has 0 amide bonds. The van der Waals surface area contributed by atoms with Crippen molar-refractivity contribution in [3.8, 4) is 5.75 Å². The third-order valence-corrected chi connectivity index (χ3v) is 3.83. The van der Waals surface area contributed by atoms with Gasteiger partial charge in [-0.1, -0.05) is 6.07 Å². The number of alkyl halides is 3. The van der Waals surface area contributed by atoms with Crippen LogP contribution in [-0.4, -0.2) is 29.9 Å². The summed E-state index contributed by atoms with van der Waals surface area (Å²) in [6, 6.07) is 6.35. The zero-order chi connectivity index (χ0) is 17.3. The maximum Gasteiger partial charge on any atom is 0.573 e. The first-order chi connectivity index (χ1) is 11.3. The average molecular weight is 338 g/mol. The summed E-state index contributed by atoms with van der Waals surface area (Å²) in [4.78, 5) is 10.8. The standard InChI is InChI=1S/C16H17F3N4O/c1-10-21-14(20-2)8-15(22-10)23-6-5-11-7-13(24-16(17,18)19)4-3-12(11)9-23/h3-4,7-8H,5-6,9H2,1-2H3,(H,20,21,22). The highest BCUT2D eigenvalue weighted by molar-refractivity contribution is 5.51. The summed E-state index contributed by atoms with van der Waals surface area (Å²) < 4.78 is 40.9. The molecule has 0 saturated carbocycles. The monoisotopic (exact) mass is 338 g/mol. The van der Waals surface area contributed by atoms with Crippen LogP contribution in [0.5, 0.6) is 5.75 Å². The summed E-state index contributed by atoms with van der Waals surface area (Å²) in [5, 5.41) is 2.99. The van der Waals surface area contributed by atoms with Crippen molar-refractivity contribution in [3.63, 3.8) is 0 Å². The molecule has 128 valence electrons. The molecular formula is C16H17F3N4O. The van der Waals surface area contributed by atoms with E-state index in [1.54, 1.807) is 13.1 Å². The van der Waals surface area contributed by atoms with Gasteiger partial charge in [0.15, 0.2) is 0 Å². The van der Waals surface area contributed by atoms with Gasteiger partial charge in [-0.25, -0.2) is 9.97 Å². The Morgan fingerprint density at radius 2 is 1.96 bits per heavy atom. The molecule has 1 aromatic heterocycles. The molecule has 1 aliphatic heterocycles. The van der Waals surface area contributed by atoms with E-state index in [2.05, 4.69) is 24.9 Å². The maximum absolute atomic E-state index is 12.3. The van der Waals surface area contributed by atoms with E-state index in [1.165, 1.54) is 12.1 Å². The highest BCUT2D eigenvalue weighted by Gasteiger charge is 2.31. The SMILES string of the molecule is CNc1cc(N2CCc3cc(OC(F)(F)F)ccc3C2)nc(C)n1. The third-order valence-electron chi connectivity index (χ3n) is 3.83. The first kappa shape index (κ1) is 16.4. The van der Waals surface area contributed by atoms with E-state index < -0.39 is 6.36 Å². The molecule has 0 aliphatic carbocycles. The fourth-order valence-electron chi connectivity index (χ4n) is 2.76. The molecule has 8 heteroatoms. The Kier molecular flexibility index (Phi) is 4.21. The lowest BCUT2D eigenvalue weighted by molar-refractivity contribution is -0.274. The predicted molar refractivity (Wildman–Crippen MR) is 84.2 cm³/mol. The number of nitrogens with zero attached hydrogens (tertiary/aromatic N) is 3. The van der Waals surface area contributed by atoms with Gasteiger partial charge in [0.1, 0.15) is 23.2 Å². The zero-order valence-electron chi connectivity index (χ0n) is 13.3. The molecule has 5 nitrogen and oxygen atoms in total. The topological polar surface area (TPSA) is 50.3 Å². The molecule has 24 heavy (non-hydrogen) atoms. The van der Waals surface area contributed by atoms with Gasteiger partial charge < -0.3 is 15.0 Å². The molecule has 0 spiro atoms. The summed E-state index contributed by atoms with van der Waals surface area (Å²) in [7, 11) is 1.79. The van der Waals surface area contributed by atoms with Crippen LogP contribution in [0, 0.1) is 6.92 Å². The van der Waals surface area contributed by atoms with Gasteiger partial charge in [0.2, 0.25) is 0 Å². The van der Waals surface area contributed by atoms with Gasteiger partial charge >= 0.3 is 6.36 Å². The number of anilines is 2. The molecule has 2 aromatic rings. The van der Waals surface area contributed by atoms with E-state index in [1.807, 2.05) is 13.0 Å². The highest BCUT2D eigenvalue weighted by atomic mass is 19.4. The van der Waals surface area contributed by atoms with Crippen LogP contribution in [0.4, 0.5) is 24.8 Å². The molecule has 0 atom stereocenters. The van der Waals surface area contributed by atoms with Crippen molar-refractivity contribution in [2.45, 2.75) is 26.3 Å². The molecule has 0 bridgehead atoms. The van der Waals surface area contributed by atoms with E-state index in [9.17, 15) is 13.2 Å². The summed E-state index contributed by atoms with van der Waals surface area (Å²) in [5.41, 5.74) is 1.84. The van der Waals surface area contributed by atoms with Gasteiger partial charge in [-0.05, 0) is 36.6 Å². The Morgan fingerprint density at radius 3 is 2.67 bits per heavy atom. The van der Waals surface area contributed by atoms with Gasteiger partial charge in [-0.2, -0.15) is 0 Å². The van der Waals surface area contributed by atoms with E-state index >= 15 is 0 Å². The van der Waals surface area contributed by atoms with Crippen molar-refractivity contribution < 1.29 is 17.9 Å². The van der Waals surface area contributed by atoms with Crippen molar-refractivity contribution >= 4 is 11.6 Å². The number of halogens is 3. The molecule has 3 rings (SSSR count). The Bertz CT molecular complexity index is 749. The van der Waals surface area contributed by atoms with Crippen molar-refractivity contribution in [1.82, 2.24) is 9.97 Å². The second kappa shape index (κ2) is 6.18. The van der Waals surface area contributed by atoms with Gasteiger partial charge in [0.05, 0.1) is 0 Å². The molecule has 1 aliphatic rings. The number of ether oxygens (including phenoxy) is 1. The normalized spacial score (nSPS) is 14.3. The van der Waals surface area contributed by atoms with Crippen LogP contribution in [0.15, 0.2) is 24.3 Å². The number of nitrogens with one attached hydrogen (secondary N) is 1. The second-order valence-electron chi connectivity index (χ2n) is 5.56. The number of benzene rings is 1. The summed E-state index contributed by atoms with van der Waals surface area (Å²) >= 11 is 0. The first-order valence-electron chi connectivity index (χ1n) is 7.50. The number of fused-ring (bicyclic) bond motifs is 1. The fraction of sp³-hybridized carbons (Fsp3) is 0.375. The van der Waals surface area contributed by atoms with Crippen molar-refractivity contribution in [2.24, 2.45) is 0 Å². The van der Waals surface area contributed by atoms with Gasteiger partial charge in [-0.15, -0.1) is 13.2 Å². The molecule has 1 aromatic carbocycles. The summed E-state index contributed by atoms with van der Waals surface area (Å²) in [5.74, 6) is 2.02. The van der Waals surface area contributed by atoms with Crippen molar-refractivity contribution in [2.75, 3.05) is 23.8 Å². The number of aromatic nitrogens is 2. The Balaban J connectivity index is 1.81. The van der Waals surface area contributed by atoms with E-state index in [0.29, 0.717) is 25.3 Å². The molecule has 0 unspecified atom stereocenters. The number of rotatable bonds is 3. The molecule has 2 heterocycles. The molecule has 1 N–H and O–H groups in total. The minimum Gasteiger partial charge on any atom is -0.406 e. The fourth-order valence-corrected chi connectivity index (χ4v) is 2.76. The Labute approximate surface area is 137 Å². The smallest absolute Gasteiger partial charge is 0.406 e. The van der Waals surface area contributed by atoms with Crippen LogP contribution < -0.4 is 15.0 Å². The van der Waals surface area contributed by atoms with E-state index in [-0.39, 0.29) is 5.75 Å². The first-order valence-corrected chi connectivity index (χ1v) is 7.50.